The minimum atomic E-state index is -0.199. The first kappa shape index (κ1) is 21.3. The molecule has 3 aliphatic rings. The van der Waals surface area contributed by atoms with Gasteiger partial charge in [-0.1, -0.05) is 25.1 Å². The van der Waals surface area contributed by atoms with Crippen LogP contribution in [0, 0.1) is 17.3 Å². The van der Waals surface area contributed by atoms with E-state index in [1.807, 2.05) is 36.4 Å². The summed E-state index contributed by atoms with van der Waals surface area (Å²) in [6.07, 6.45) is 9.17. The first-order valence-corrected chi connectivity index (χ1v) is 11.8. The van der Waals surface area contributed by atoms with Gasteiger partial charge in [-0.3, -0.25) is 4.79 Å². The van der Waals surface area contributed by atoms with E-state index < -0.39 is 0 Å². The fraction of sp³-hybridized carbons (Fsp3) is 0.464. The van der Waals surface area contributed by atoms with Gasteiger partial charge in [0.2, 0.25) is 0 Å². The van der Waals surface area contributed by atoms with Gasteiger partial charge < -0.3 is 14.9 Å². The average Bonchev–Trinajstić information content (AvgIpc) is 3.11. The van der Waals surface area contributed by atoms with Crippen molar-refractivity contribution in [2.45, 2.75) is 57.5 Å². The molecule has 2 aromatic carbocycles. The predicted molar refractivity (Wildman–Crippen MR) is 125 cm³/mol. The summed E-state index contributed by atoms with van der Waals surface area (Å²) in [5, 5.41) is 21.3. The van der Waals surface area contributed by atoms with Crippen molar-refractivity contribution in [2.75, 3.05) is 7.11 Å². The summed E-state index contributed by atoms with van der Waals surface area (Å²) in [4.78, 5) is 13.0. The van der Waals surface area contributed by atoms with Crippen LogP contribution in [0.4, 0.5) is 0 Å². The van der Waals surface area contributed by atoms with E-state index in [1.54, 1.807) is 13.2 Å². The highest BCUT2D eigenvalue weighted by molar-refractivity contribution is 6.09. The molecule has 0 radical (unpaired) electrons. The van der Waals surface area contributed by atoms with Gasteiger partial charge in [0.05, 0.1) is 18.8 Å². The second-order valence-electron chi connectivity index (χ2n) is 10.1. The number of ketones is 1. The standard InChI is InChI=1S/C28H32O4/c1-28-14-13-19-20(23(28)10-12-27(28)31)9-7-18-15-25(30)22(16-21(18)19)24(29)11-8-17-5-3-4-6-26(17)32-2/h3-6,8,11,15-16,19-20,23,27,30-31H,7,9-10,12-14H2,1-2H3/b11-8+/t19-,20+,23-,27-,28-/m0/s1. The second-order valence-corrected chi connectivity index (χ2v) is 10.1. The molecule has 3 aliphatic carbocycles. The van der Waals surface area contributed by atoms with Crippen LogP contribution < -0.4 is 4.74 Å². The summed E-state index contributed by atoms with van der Waals surface area (Å²) >= 11 is 0. The van der Waals surface area contributed by atoms with Crippen LogP contribution in [-0.4, -0.2) is 29.2 Å². The molecule has 5 rings (SSSR count). The first-order valence-electron chi connectivity index (χ1n) is 11.8. The zero-order chi connectivity index (χ0) is 22.5. The van der Waals surface area contributed by atoms with Crippen LogP contribution in [0.25, 0.3) is 6.08 Å². The highest BCUT2D eigenvalue weighted by Crippen LogP contribution is 2.61. The van der Waals surface area contributed by atoms with Gasteiger partial charge in [-0.25, -0.2) is 0 Å². The number of para-hydroxylation sites is 1. The summed E-state index contributed by atoms with van der Waals surface area (Å²) in [5.41, 5.74) is 3.64. The van der Waals surface area contributed by atoms with Crippen LogP contribution in [0.1, 0.15) is 72.0 Å². The molecule has 168 valence electrons. The molecular formula is C28H32O4. The van der Waals surface area contributed by atoms with Gasteiger partial charge in [0, 0.05) is 5.56 Å². The number of carbonyl (C=O) groups excluding carboxylic acids is 1. The maximum atomic E-state index is 13.0. The Morgan fingerprint density at radius 2 is 1.97 bits per heavy atom. The molecule has 2 fully saturated rings. The lowest BCUT2D eigenvalue weighted by Gasteiger charge is -2.50. The number of allylic oxidation sites excluding steroid dienone is 1. The van der Waals surface area contributed by atoms with Crippen molar-refractivity contribution in [3.8, 4) is 11.5 Å². The van der Waals surface area contributed by atoms with Crippen LogP contribution in [0.2, 0.25) is 0 Å². The average molecular weight is 433 g/mol. The van der Waals surface area contributed by atoms with Gasteiger partial charge in [-0.2, -0.15) is 0 Å². The van der Waals surface area contributed by atoms with Gasteiger partial charge in [-0.15, -0.1) is 0 Å². The Kier molecular flexibility index (Phi) is 5.37. The normalized spacial score (nSPS) is 31.1. The number of carbonyl (C=O) groups is 1. The number of benzene rings is 2. The fourth-order valence-electron chi connectivity index (χ4n) is 6.84. The van der Waals surface area contributed by atoms with Crippen molar-refractivity contribution in [3.63, 3.8) is 0 Å². The van der Waals surface area contributed by atoms with Crippen LogP contribution in [0.5, 0.6) is 11.5 Å². The molecule has 4 heteroatoms. The van der Waals surface area contributed by atoms with Crippen LogP contribution in [-0.2, 0) is 6.42 Å². The summed E-state index contributed by atoms with van der Waals surface area (Å²) in [7, 11) is 1.61. The lowest BCUT2D eigenvalue weighted by molar-refractivity contribution is -0.0226. The summed E-state index contributed by atoms with van der Waals surface area (Å²) in [6.45, 7) is 2.27. The van der Waals surface area contributed by atoms with Crippen molar-refractivity contribution in [2.24, 2.45) is 17.3 Å². The molecule has 32 heavy (non-hydrogen) atoms. The van der Waals surface area contributed by atoms with Crippen molar-refractivity contribution >= 4 is 11.9 Å². The molecule has 0 bridgehead atoms. The lowest BCUT2D eigenvalue weighted by Crippen LogP contribution is -2.43. The van der Waals surface area contributed by atoms with Crippen LogP contribution in [0.15, 0.2) is 42.5 Å². The Morgan fingerprint density at radius 1 is 1.16 bits per heavy atom. The molecular weight excluding hydrogens is 400 g/mol. The van der Waals surface area contributed by atoms with Gasteiger partial charge in [0.25, 0.3) is 0 Å². The first-order chi connectivity index (χ1) is 15.4. The van der Waals surface area contributed by atoms with E-state index in [0.29, 0.717) is 29.1 Å². The highest BCUT2D eigenvalue weighted by Gasteiger charge is 2.54. The number of hydrogen-bond acceptors (Lipinski definition) is 4. The smallest absolute Gasteiger partial charge is 0.189 e. The maximum absolute atomic E-state index is 13.0. The van der Waals surface area contributed by atoms with Gasteiger partial charge in [-0.05, 0) is 103 Å². The van der Waals surface area contributed by atoms with Crippen molar-refractivity contribution in [3.05, 3.63) is 64.7 Å². The number of phenolic OH excluding ortho intramolecular Hbond substituents is 1. The van der Waals surface area contributed by atoms with Crippen molar-refractivity contribution < 1.29 is 19.7 Å². The lowest BCUT2D eigenvalue weighted by atomic mass is 9.55. The second kappa shape index (κ2) is 8.08. The molecule has 2 saturated carbocycles. The molecule has 0 heterocycles. The minimum absolute atomic E-state index is 0.0334. The number of aliphatic hydroxyl groups excluding tert-OH is 1. The third-order valence-corrected chi connectivity index (χ3v) is 8.61. The molecule has 0 spiro atoms. The van der Waals surface area contributed by atoms with Crippen molar-refractivity contribution in [1.29, 1.82) is 0 Å². The van der Waals surface area contributed by atoms with Gasteiger partial charge >= 0.3 is 0 Å². The number of aliphatic hydroxyl groups is 1. The number of hydrogen-bond donors (Lipinski definition) is 2. The summed E-state index contributed by atoms with van der Waals surface area (Å²) < 4.78 is 5.36. The van der Waals surface area contributed by atoms with E-state index in [9.17, 15) is 15.0 Å². The van der Waals surface area contributed by atoms with Gasteiger partial charge in [0.15, 0.2) is 5.78 Å². The van der Waals surface area contributed by atoms with Crippen LogP contribution in [0.3, 0.4) is 0 Å². The van der Waals surface area contributed by atoms with E-state index in [-0.39, 0.29) is 23.1 Å². The predicted octanol–water partition coefficient (Wildman–Crippen LogP) is 5.51. The quantitative estimate of drug-likeness (QED) is 0.494. The zero-order valence-corrected chi connectivity index (χ0v) is 18.9. The highest BCUT2D eigenvalue weighted by atomic mass is 16.5. The Bertz CT molecular complexity index is 1070. The Morgan fingerprint density at radius 3 is 2.78 bits per heavy atom. The third-order valence-electron chi connectivity index (χ3n) is 8.61. The summed E-state index contributed by atoms with van der Waals surface area (Å²) in [6, 6.07) is 11.3. The number of aryl methyl sites for hydroxylation is 1. The molecule has 0 aromatic heterocycles. The molecule has 0 unspecified atom stereocenters. The SMILES string of the molecule is COc1ccccc1/C=C/C(=O)c1cc2c(cc1O)CC[C@@H]1[C@@H]2CC[C@]2(C)[C@@H](O)CC[C@@H]12. The number of aromatic hydroxyl groups is 1. The molecule has 2 N–H and O–H groups in total. The maximum Gasteiger partial charge on any atom is 0.189 e. The largest absolute Gasteiger partial charge is 0.507 e. The van der Waals surface area contributed by atoms with E-state index >= 15 is 0 Å². The van der Waals surface area contributed by atoms with E-state index in [2.05, 4.69) is 6.92 Å². The molecule has 2 aromatic rings. The van der Waals surface area contributed by atoms with Crippen LogP contribution >= 0.6 is 0 Å². The van der Waals surface area contributed by atoms with Gasteiger partial charge in [0.1, 0.15) is 11.5 Å². The number of methoxy groups -OCH3 is 1. The molecule has 0 aliphatic heterocycles. The van der Waals surface area contributed by atoms with Crippen molar-refractivity contribution in [1.82, 2.24) is 0 Å². The Hall–Kier alpha value is -2.59. The monoisotopic (exact) mass is 432 g/mol. The number of fused-ring (bicyclic) bond motifs is 5. The molecule has 4 nitrogen and oxygen atoms in total. The number of rotatable bonds is 4. The number of phenols is 1. The zero-order valence-electron chi connectivity index (χ0n) is 18.9. The molecule has 0 saturated heterocycles. The number of ether oxygens (including phenoxy) is 1. The Labute approximate surface area is 189 Å². The third kappa shape index (κ3) is 3.36. The Balaban J connectivity index is 1.44. The molecule has 0 amide bonds. The fourth-order valence-corrected chi connectivity index (χ4v) is 6.84. The molecule has 5 atom stereocenters. The van der Waals surface area contributed by atoms with E-state index in [4.69, 9.17) is 4.74 Å². The van der Waals surface area contributed by atoms with E-state index in [1.165, 1.54) is 17.2 Å². The topological polar surface area (TPSA) is 66.8 Å². The minimum Gasteiger partial charge on any atom is -0.507 e. The van der Waals surface area contributed by atoms with E-state index in [0.717, 1.165) is 44.1 Å². The summed E-state index contributed by atoms with van der Waals surface area (Å²) in [5.74, 6) is 2.08.